The van der Waals surface area contributed by atoms with Gasteiger partial charge in [0.05, 0.1) is 11.1 Å². The number of halogens is 3. The van der Waals surface area contributed by atoms with Gasteiger partial charge >= 0.3 is 6.18 Å². The Balaban J connectivity index is 1.85. The number of alkyl halides is 3. The van der Waals surface area contributed by atoms with Gasteiger partial charge in [-0.15, -0.1) is 0 Å². The van der Waals surface area contributed by atoms with E-state index in [1.807, 2.05) is 32.0 Å². The molecule has 0 saturated heterocycles. The van der Waals surface area contributed by atoms with Crippen LogP contribution in [0.1, 0.15) is 48.2 Å². The Hall–Kier alpha value is -3.03. The molecule has 1 unspecified atom stereocenters. The molecule has 0 heterocycles. The molecule has 162 valence electrons. The van der Waals surface area contributed by atoms with E-state index < -0.39 is 35.2 Å². The third kappa shape index (κ3) is 6.23. The van der Waals surface area contributed by atoms with E-state index in [4.69, 9.17) is 4.74 Å². The lowest BCUT2D eigenvalue weighted by Crippen LogP contribution is -2.41. The maximum absolute atomic E-state index is 13.0. The fourth-order valence-corrected chi connectivity index (χ4v) is 2.84. The quantitative estimate of drug-likeness (QED) is 0.629. The topological polar surface area (TPSA) is 67.4 Å². The summed E-state index contributed by atoms with van der Waals surface area (Å²) in [4.78, 5) is 24.3. The van der Waals surface area contributed by atoms with Crippen LogP contribution in [0, 0.1) is 0 Å². The first-order chi connectivity index (χ1) is 14.1. The fraction of sp³-hybridized carbons (Fsp3) is 0.364. The molecule has 0 aromatic heterocycles. The van der Waals surface area contributed by atoms with Crippen LogP contribution in [0.2, 0.25) is 0 Å². The van der Waals surface area contributed by atoms with Gasteiger partial charge in [0.25, 0.3) is 11.8 Å². The monoisotopic (exact) mass is 422 g/mol. The standard InChI is InChI=1S/C22H25F3N2O3/c1-14(2)16-8-5-7-11-19(16)30-15(3)20(28)26-12-13-27-21(29)17-9-4-6-10-18(17)22(23,24)25/h4-11,14-15H,12-13H2,1-3H3,(H,26,28)(H,27,29). The zero-order valence-corrected chi connectivity index (χ0v) is 17.0. The van der Waals surface area contributed by atoms with Gasteiger partial charge < -0.3 is 15.4 Å². The minimum atomic E-state index is -4.62. The third-order valence-electron chi connectivity index (χ3n) is 4.40. The summed E-state index contributed by atoms with van der Waals surface area (Å²) in [7, 11) is 0. The second-order valence-electron chi connectivity index (χ2n) is 7.04. The molecule has 2 amide bonds. The number of nitrogens with one attached hydrogen (secondary N) is 2. The van der Waals surface area contributed by atoms with Crippen LogP contribution in [-0.4, -0.2) is 31.0 Å². The summed E-state index contributed by atoms with van der Waals surface area (Å²) in [5, 5.41) is 4.99. The lowest BCUT2D eigenvalue weighted by atomic mass is 10.0. The summed E-state index contributed by atoms with van der Waals surface area (Å²) in [6.45, 7) is 5.67. The summed E-state index contributed by atoms with van der Waals surface area (Å²) in [5.74, 6) is -0.399. The van der Waals surface area contributed by atoms with E-state index in [1.165, 1.54) is 12.1 Å². The summed E-state index contributed by atoms with van der Waals surface area (Å²) in [5.41, 5.74) is -0.483. The van der Waals surface area contributed by atoms with Crippen molar-refractivity contribution in [3.8, 4) is 5.75 Å². The lowest BCUT2D eigenvalue weighted by molar-refractivity contribution is -0.138. The van der Waals surface area contributed by atoms with Gasteiger partial charge in [-0.3, -0.25) is 9.59 Å². The summed E-state index contributed by atoms with van der Waals surface area (Å²) in [6, 6.07) is 12.0. The minimum Gasteiger partial charge on any atom is -0.481 e. The first kappa shape index (κ1) is 23.3. The van der Waals surface area contributed by atoms with Gasteiger partial charge in [-0.05, 0) is 36.6 Å². The Kier molecular flexibility index (Phi) is 7.86. The number of benzene rings is 2. The molecular formula is C22H25F3N2O3. The Morgan fingerprint density at radius 1 is 0.933 bits per heavy atom. The predicted molar refractivity (Wildman–Crippen MR) is 107 cm³/mol. The zero-order chi connectivity index (χ0) is 22.3. The van der Waals surface area contributed by atoms with Crippen molar-refractivity contribution in [1.82, 2.24) is 10.6 Å². The number of para-hydroxylation sites is 1. The van der Waals surface area contributed by atoms with E-state index in [9.17, 15) is 22.8 Å². The average molecular weight is 422 g/mol. The first-order valence-corrected chi connectivity index (χ1v) is 9.59. The van der Waals surface area contributed by atoms with Crippen molar-refractivity contribution in [2.45, 2.75) is 39.0 Å². The van der Waals surface area contributed by atoms with Crippen LogP contribution in [0.3, 0.4) is 0 Å². The highest BCUT2D eigenvalue weighted by molar-refractivity contribution is 5.95. The van der Waals surface area contributed by atoms with Gasteiger partial charge in [-0.2, -0.15) is 13.2 Å². The van der Waals surface area contributed by atoms with E-state index in [-0.39, 0.29) is 19.0 Å². The molecule has 1 atom stereocenters. The highest BCUT2D eigenvalue weighted by Gasteiger charge is 2.34. The molecule has 0 aliphatic rings. The van der Waals surface area contributed by atoms with Gasteiger partial charge in [0.2, 0.25) is 0 Å². The van der Waals surface area contributed by atoms with Gasteiger partial charge in [0.15, 0.2) is 6.10 Å². The van der Waals surface area contributed by atoms with Gasteiger partial charge in [0, 0.05) is 13.1 Å². The Bertz CT molecular complexity index is 882. The fourth-order valence-electron chi connectivity index (χ4n) is 2.84. The van der Waals surface area contributed by atoms with Gasteiger partial charge in [-0.25, -0.2) is 0 Å². The van der Waals surface area contributed by atoms with Crippen LogP contribution in [0.5, 0.6) is 5.75 Å². The van der Waals surface area contributed by atoms with Gasteiger partial charge in [-0.1, -0.05) is 44.2 Å². The number of carbonyl (C=O) groups is 2. The van der Waals surface area contributed by atoms with Crippen molar-refractivity contribution < 1.29 is 27.5 Å². The van der Waals surface area contributed by atoms with Gasteiger partial charge in [0.1, 0.15) is 5.75 Å². The van der Waals surface area contributed by atoms with Crippen molar-refractivity contribution in [3.63, 3.8) is 0 Å². The third-order valence-corrected chi connectivity index (χ3v) is 4.40. The molecule has 2 aromatic rings. The summed E-state index contributed by atoms with van der Waals surface area (Å²) in [6.07, 6.45) is -5.40. The Morgan fingerprint density at radius 3 is 2.20 bits per heavy atom. The van der Waals surface area contributed by atoms with Crippen LogP contribution in [0.4, 0.5) is 13.2 Å². The smallest absolute Gasteiger partial charge is 0.417 e. The van der Waals surface area contributed by atoms with Crippen LogP contribution < -0.4 is 15.4 Å². The summed E-state index contributed by atoms with van der Waals surface area (Å²) >= 11 is 0. The second kappa shape index (κ2) is 10.1. The molecule has 30 heavy (non-hydrogen) atoms. The van der Waals surface area contributed by atoms with Crippen LogP contribution in [0.25, 0.3) is 0 Å². The largest absolute Gasteiger partial charge is 0.481 e. The Labute approximate surface area is 173 Å². The number of rotatable bonds is 8. The van der Waals surface area contributed by atoms with E-state index in [0.717, 1.165) is 17.7 Å². The van der Waals surface area contributed by atoms with E-state index in [2.05, 4.69) is 10.6 Å². The molecule has 2 aromatic carbocycles. The molecule has 5 nitrogen and oxygen atoms in total. The van der Waals surface area contributed by atoms with Crippen molar-refractivity contribution in [2.24, 2.45) is 0 Å². The molecule has 0 aliphatic carbocycles. The van der Waals surface area contributed by atoms with Crippen molar-refractivity contribution >= 4 is 11.8 Å². The predicted octanol–water partition coefficient (Wildman–Crippen LogP) is 4.14. The SMILES string of the molecule is CC(Oc1ccccc1C(C)C)C(=O)NCCNC(=O)c1ccccc1C(F)(F)F. The Morgan fingerprint density at radius 2 is 1.53 bits per heavy atom. The molecule has 2 rings (SSSR count). The molecule has 0 bridgehead atoms. The maximum Gasteiger partial charge on any atom is 0.417 e. The van der Waals surface area contributed by atoms with E-state index in [1.54, 1.807) is 13.0 Å². The lowest BCUT2D eigenvalue weighted by Gasteiger charge is -2.19. The van der Waals surface area contributed by atoms with Crippen molar-refractivity contribution in [2.75, 3.05) is 13.1 Å². The molecule has 2 N–H and O–H groups in total. The summed E-state index contributed by atoms with van der Waals surface area (Å²) < 4.78 is 44.7. The number of hydrogen-bond donors (Lipinski definition) is 2. The normalized spacial score (nSPS) is 12.4. The second-order valence-corrected chi connectivity index (χ2v) is 7.04. The molecule has 8 heteroatoms. The number of hydrogen-bond acceptors (Lipinski definition) is 3. The maximum atomic E-state index is 13.0. The van der Waals surface area contributed by atoms with Crippen LogP contribution in [-0.2, 0) is 11.0 Å². The molecule has 0 saturated carbocycles. The molecule has 0 radical (unpaired) electrons. The number of amides is 2. The first-order valence-electron chi connectivity index (χ1n) is 9.59. The van der Waals surface area contributed by atoms with Crippen LogP contribution in [0.15, 0.2) is 48.5 Å². The number of ether oxygens (including phenoxy) is 1. The zero-order valence-electron chi connectivity index (χ0n) is 17.0. The van der Waals surface area contributed by atoms with E-state index in [0.29, 0.717) is 5.75 Å². The van der Waals surface area contributed by atoms with Crippen molar-refractivity contribution in [1.29, 1.82) is 0 Å². The molecule has 0 spiro atoms. The van der Waals surface area contributed by atoms with E-state index >= 15 is 0 Å². The molecule has 0 fully saturated rings. The average Bonchev–Trinajstić information content (AvgIpc) is 2.70. The number of carbonyl (C=O) groups excluding carboxylic acids is 2. The highest BCUT2D eigenvalue weighted by atomic mass is 19.4. The molecule has 0 aliphatic heterocycles. The highest BCUT2D eigenvalue weighted by Crippen LogP contribution is 2.31. The van der Waals surface area contributed by atoms with Crippen molar-refractivity contribution in [3.05, 3.63) is 65.2 Å². The minimum absolute atomic E-state index is 0.0218. The van der Waals surface area contributed by atoms with Crippen LogP contribution >= 0.6 is 0 Å². The molecular weight excluding hydrogens is 397 g/mol.